The van der Waals surface area contributed by atoms with E-state index >= 15 is 0 Å². The molecule has 0 atom stereocenters. The largest absolute Gasteiger partial charge is 0.311 e. The summed E-state index contributed by atoms with van der Waals surface area (Å²) in [7, 11) is 0. The molecule has 0 saturated carbocycles. The molecule has 0 amide bonds. The van der Waals surface area contributed by atoms with Crippen LogP contribution in [0.4, 0.5) is 8.78 Å². The molecule has 0 heterocycles. The van der Waals surface area contributed by atoms with Crippen LogP contribution in [-0.2, 0) is 6.54 Å². The summed E-state index contributed by atoms with van der Waals surface area (Å²) in [6, 6.07) is 3.68. The molecular weight excluding hydrogens is 190 g/mol. The molecule has 0 fully saturated rings. The lowest BCUT2D eigenvalue weighted by atomic mass is 10.2. The van der Waals surface area contributed by atoms with Crippen LogP contribution in [0.1, 0.15) is 5.56 Å². The number of hydrogen-bond acceptors (Lipinski definition) is 3. The van der Waals surface area contributed by atoms with Crippen molar-refractivity contribution in [2.24, 2.45) is 5.18 Å². The predicted octanol–water partition coefficient (Wildman–Crippen LogP) is 1.82. The normalized spacial score (nSPS) is 10.1. The first-order chi connectivity index (χ1) is 6.74. The van der Waals surface area contributed by atoms with E-state index in [1.807, 2.05) is 0 Å². The molecular formula is C9H10F2N2O. The van der Waals surface area contributed by atoms with E-state index in [2.05, 4.69) is 10.5 Å². The fraction of sp³-hybridized carbons (Fsp3) is 0.333. The lowest BCUT2D eigenvalue weighted by molar-refractivity contribution is 0.506. The number of rotatable bonds is 5. The molecule has 5 heteroatoms. The number of hydrogen-bond donors (Lipinski definition) is 1. The lowest BCUT2D eigenvalue weighted by Crippen LogP contribution is -2.16. The second-order valence-electron chi connectivity index (χ2n) is 2.78. The summed E-state index contributed by atoms with van der Waals surface area (Å²) in [5, 5.41) is 5.52. The fourth-order valence-electron chi connectivity index (χ4n) is 1.01. The summed E-state index contributed by atoms with van der Waals surface area (Å²) >= 11 is 0. The Labute approximate surface area is 80.1 Å². The third-order valence-corrected chi connectivity index (χ3v) is 1.69. The monoisotopic (exact) mass is 200 g/mol. The van der Waals surface area contributed by atoms with Crippen molar-refractivity contribution in [3.8, 4) is 0 Å². The van der Waals surface area contributed by atoms with Crippen LogP contribution in [0.15, 0.2) is 23.4 Å². The minimum Gasteiger partial charge on any atom is -0.311 e. The van der Waals surface area contributed by atoms with Crippen LogP contribution in [-0.4, -0.2) is 13.1 Å². The molecule has 0 aliphatic rings. The molecule has 1 aromatic rings. The Morgan fingerprint density at radius 2 is 2.07 bits per heavy atom. The van der Waals surface area contributed by atoms with Gasteiger partial charge in [0.2, 0.25) is 0 Å². The van der Waals surface area contributed by atoms with Crippen LogP contribution in [0.25, 0.3) is 0 Å². The molecule has 1 aromatic carbocycles. The van der Waals surface area contributed by atoms with Crippen LogP contribution >= 0.6 is 0 Å². The van der Waals surface area contributed by atoms with Crippen molar-refractivity contribution < 1.29 is 8.78 Å². The number of nitrogens with one attached hydrogen (secondary N) is 1. The van der Waals surface area contributed by atoms with Crippen molar-refractivity contribution in [1.29, 1.82) is 0 Å². The van der Waals surface area contributed by atoms with Crippen molar-refractivity contribution in [3.63, 3.8) is 0 Å². The maximum absolute atomic E-state index is 12.7. The Hall–Kier alpha value is -1.36. The van der Waals surface area contributed by atoms with E-state index in [1.54, 1.807) is 0 Å². The topological polar surface area (TPSA) is 41.5 Å². The van der Waals surface area contributed by atoms with E-state index in [-0.39, 0.29) is 6.54 Å². The molecule has 0 radical (unpaired) electrons. The lowest BCUT2D eigenvalue weighted by Gasteiger charge is -2.02. The van der Waals surface area contributed by atoms with Gasteiger partial charge in [-0.2, -0.15) is 4.91 Å². The molecule has 1 N–H and O–H groups in total. The van der Waals surface area contributed by atoms with Gasteiger partial charge < -0.3 is 5.32 Å². The van der Waals surface area contributed by atoms with Gasteiger partial charge in [-0.15, -0.1) is 0 Å². The van der Waals surface area contributed by atoms with Crippen LogP contribution < -0.4 is 5.32 Å². The third kappa shape index (κ3) is 3.18. The zero-order valence-electron chi connectivity index (χ0n) is 7.46. The average molecular weight is 200 g/mol. The third-order valence-electron chi connectivity index (χ3n) is 1.69. The predicted molar refractivity (Wildman–Crippen MR) is 48.7 cm³/mol. The molecule has 1 rings (SSSR count). The van der Waals surface area contributed by atoms with Gasteiger partial charge in [0.1, 0.15) is 0 Å². The van der Waals surface area contributed by atoms with Gasteiger partial charge in [0.25, 0.3) is 0 Å². The van der Waals surface area contributed by atoms with Gasteiger partial charge in [-0.05, 0) is 17.7 Å². The first-order valence-electron chi connectivity index (χ1n) is 4.18. The summed E-state index contributed by atoms with van der Waals surface area (Å²) in [5.74, 6) is -1.72. The molecule has 76 valence electrons. The van der Waals surface area contributed by atoms with Gasteiger partial charge in [-0.25, -0.2) is 8.78 Å². The standard InChI is InChI=1S/C9H10F2N2O/c10-8-2-1-7(5-9(8)11)6-12-3-4-13-14/h1-2,5,12H,3-4,6H2. The Bertz CT molecular complexity index is 318. The highest BCUT2D eigenvalue weighted by molar-refractivity contribution is 5.17. The molecule has 0 aliphatic heterocycles. The number of nitroso groups, excluding NO2 is 1. The average Bonchev–Trinajstić information content (AvgIpc) is 2.18. The quantitative estimate of drug-likeness (QED) is 0.581. The Morgan fingerprint density at radius 3 is 2.71 bits per heavy atom. The van der Waals surface area contributed by atoms with Crippen LogP contribution in [0.2, 0.25) is 0 Å². The van der Waals surface area contributed by atoms with Crippen LogP contribution in [0, 0.1) is 16.5 Å². The fourth-order valence-corrected chi connectivity index (χ4v) is 1.01. The Morgan fingerprint density at radius 1 is 1.29 bits per heavy atom. The molecule has 3 nitrogen and oxygen atoms in total. The van der Waals surface area contributed by atoms with Crippen molar-refractivity contribution >= 4 is 0 Å². The summed E-state index contributed by atoms with van der Waals surface area (Å²) < 4.78 is 25.2. The summed E-state index contributed by atoms with van der Waals surface area (Å²) in [4.78, 5) is 9.72. The van der Waals surface area contributed by atoms with Crippen molar-refractivity contribution in [2.75, 3.05) is 13.1 Å². The minimum absolute atomic E-state index is 0.170. The second kappa shape index (κ2) is 5.39. The molecule has 0 aromatic heterocycles. The number of nitrogens with zero attached hydrogens (tertiary/aromatic N) is 1. The van der Waals surface area contributed by atoms with Gasteiger partial charge in [0.05, 0.1) is 6.54 Å². The molecule has 0 aliphatic carbocycles. The Balaban J connectivity index is 2.43. The van der Waals surface area contributed by atoms with E-state index in [1.165, 1.54) is 6.07 Å². The molecule has 0 spiro atoms. The summed E-state index contributed by atoms with van der Waals surface area (Å²) in [6.45, 7) is 0.999. The first kappa shape index (κ1) is 10.7. The van der Waals surface area contributed by atoms with E-state index in [9.17, 15) is 13.7 Å². The van der Waals surface area contributed by atoms with Crippen LogP contribution in [0.5, 0.6) is 0 Å². The van der Waals surface area contributed by atoms with E-state index in [4.69, 9.17) is 0 Å². The van der Waals surface area contributed by atoms with Crippen molar-refractivity contribution in [1.82, 2.24) is 5.32 Å². The molecule has 0 bridgehead atoms. The maximum atomic E-state index is 12.7. The van der Waals surface area contributed by atoms with Gasteiger partial charge in [0, 0.05) is 13.1 Å². The molecule has 14 heavy (non-hydrogen) atoms. The zero-order chi connectivity index (χ0) is 10.4. The van der Waals surface area contributed by atoms with Crippen molar-refractivity contribution in [3.05, 3.63) is 40.3 Å². The zero-order valence-corrected chi connectivity index (χ0v) is 7.46. The van der Waals surface area contributed by atoms with Gasteiger partial charge in [-0.3, -0.25) is 0 Å². The summed E-state index contributed by atoms with van der Waals surface area (Å²) in [5.41, 5.74) is 0.634. The second-order valence-corrected chi connectivity index (χ2v) is 2.78. The Kier molecular flexibility index (Phi) is 4.12. The minimum atomic E-state index is -0.863. The highest BCUT2D eigenvalue weighted by Crippen LogP contribution is 2.07. The first-order valence-corrected chi connectivity index (χ1v) is 4.18. The molecule has 0 saturated heterocycles. The van der Waals surface area contributed by atoms with E-state index in [0.717, 1.165) is 12.1 Å². The molecule has 0 unspecified atom stereocenters. The van der Waals surface area contributed by atoms with Crippen molar-refractivity contribution in [2.45, 2.75) is 6.54 Å². The van der Waals surface area contributed by atoms with Crippen LogP contribution in [0.3, 0.4) is 0 Å². The van der Waals surface area contributed by atoms with E-state index in [0.29, 0.717) is 18.7 Å². The number of halogens is 2. The van der Waals surface area contributed by atoms with E-state index < -0.39 is 11.6 Å². The highest BCUT2D eigenvalue weighted by Gasteiger charge is 2.01. The van der Waals surface area contributed by atoms with Gasteiger partial charge in [-0.1, -0.05) is 11.2 Å². The highest BCUT2D eigenvalue weighted by atomic mass is 19.2. The summed E-state index contributed by atoms with van der Waals surface area (Å²) in [6.07, 6.45) is 0. The maximum Gasteiger partial charge on any atom is 0.159 e. The smallest absolute Gasteiger partial charge is 0.159 e. The van der Waals surface area contributed by atoms with Gasteiger partial charge >= 0.3 is 0 Å². The van der Waals surface area contributed by atoms with Gasteiger partial charge in [0.15, 0.2) is 11.6 Å². The SMILES string of the molecule is O=NCCNCc1ccc(F)c(F)c1. The number of benzene rings is 1.